The van der Waals surface area contributed by atoms with Crippen LogP contribution in [0.25, 0.3) is 6.08 Å². The summed E-state index contributed by atoms with van der Waals surface area (Å²) in [6.07, 6.45) is 3.21. The molecular formula is C16H14O3. The maximum atomic E-state index is 11.9. The van der Waals surface area contributed by atoms with Gasteiger partial charge in [0.25, 0.3) is 0 Å². The minimum atomic E-state index is -0.120. The standard InChI is InChI=1S/C16H14O3/c1-19-16-5-3-2-4-13(16)8-11-15(18)12-6-9-14(17)10-7-12/h2-11,17H,1H3/b11-8+. The Morgan fingerprint density at radius 1 is 1.11 bits per heavy atom. The highest BCUT2D eigenvalue weighted by molar-refractivity contribution is 6.07. The Kier molecular flexibility index (Phi) is 3.98. The van der Waals surface area contributed by atoms with E-state index >= 15 is 0 Å². The lowest BCUT2D eigenvalue weighted by Crippen LogP contribution is -1.93. The molecule has 0 spiro atoms. The first-order valence-corrected chi connectivity index (χ1v) is 5.85. The second-order valence-electron chi connectivity index (χ2n) is 3.99. The Balaban J connectivity index is 2.18. The number of allylic oxidation sites excluding steroid dienone is 1. The topological polar surface area (TPSA) is 46.5 Å². The Bertz CT molecular complexity index is 598. The molecule has 0 saturated heterocycles. The molecule has 2 aromatic carbocycles. The molecule has 0 aliphatic rings. The third-order valence-corrected chi connectivity index (χ3v) is 2.71. The van der Waals surface area contributed by atoms with E-state index in [2.05, 4.69) is 0 Å². The molecule has 0 amide bonds. The first kappa shape index (κ1) is 12.9. The summed E-state index contributed by atoms with van der Waals surface area (Å²) in [5.41, 5.74) is 1.38. The highest BCUT2D eigenvalue weighted by Crippen LogP contribution is 2.19. The van der Waals surface area contributed by atoms with Crippen molar-refractivity contribution in [2.24, 2.45) is 0 Å². The number of ether oxygens (including phenoxy) is 1. The number of methoxy groups -OCH3 is 1. The molecule has 3 heteroatoms. The minimum Gasteiger partial charge on any atom is -0.508 e. The van der Waals surface area contributed by atoms with Gasteiger partial charge in [0.2, 0.25) is 0 Å². The van der Waals surface area contributed by atoms with Gasteiger partial charge in [-0.2, -0.15) is 0 Å². The van der Waals surface area contributed by atoms with Gasteiger partial charge in [-0.3, -0.25) is 4.79 Å². The predicted octanol–water partition coefficient (Wildman–Crippen LogP) is 3.30. The van der Waals surface area contributed by atoms with E-state index < -0.39 is 0 Å². The molecule has 0 atom stereocenters. The van der Waals surface area contributed by atoms with Crippen LogP contribution in [-0.4, -0.2) is 18.0 Å². The largest absolute Gasteiger partial charge is 0.508 e. The van der Waals surface area contributed by atoms with Crippen molar-refractivity contribution in [3.8, 4) is 11.5 Å². The lowest BCUT2D eigenvalue weighted by atomic mass is 10.1. The molecule has 1 N–H and O–H groups in total. The smallest absolute Gasteiger partial charge is 0.185 e. The summed E-state index contributed by atoms with van der Waals surface area (Å²) in [6, 6.07) is 13.6. The van der Waals surface area contributed by atoms with Crippen LogP contribution >= 0.6 is 0 Å². The van der Waals surface area contributed by atoms with Crippen LogP contribution in [0.2, 0.25) is 0 Å². The molecular weight excluding hydrogens is 240 g/mol. The molecule has 0 unspecified atom stereocenters. The van der Waals surface area contributed by atoms with Crippen molar-refractivity contribution in [1.82, 2.24) is 0 Å². The summed E-state index contributed by atoms with van der Waals surface area (Å²) in [5.74, 6) is 0.744. The van der Waals surface area contributed by atoms with Crippen molar-refractivity contribution in [2.45, 2.75) is 0 Å². The monoisotopic (exact) mass is 254 g/mol. The summed E-state index contributed by atoms with van der Waals surface area (Å²) < 4.78 is 5.20. The van der Waals surface area contributed by atoms with Gasteiger partial charge in [-0.05, 0) is 42.5 Å². The van der Waals surface area contributed by atoms with E-state index in [9.17, 15) is 4.79 Å². The number of carbonyl (C=O) groups excluding carboxylic acids is 1. The quantitative estimate of drug-likeness (QED) is 0.672. The predicted molar refractivity (Wildman–Crippen MR) is 74.5 cm³/mol. The average Bonchev–Trinajstić information content (AvgIpc) is 2.45. The van der Waals surface area contributed by atoms with Crippen LogP contribution in [0.5, 0.6) is 11.5 Å². The van der Waals surface area contributed by atoms with Gasteiger partial charge >= 0.3 is 0 Å². The summed E-state index contributed by atoms with van der Waals surface area (Å²) in [5, 5.41) is 9.17. The van der Waals surface area contributed by atoms with Gasteiger partial charge < -0.3 is 9.84 Å². The van der Waals surface area contributed by atoms with Crippen LogP contribution in [0.3, 0.4) is 0 Å². The summed E-state index contributed by atoms with van der Waals surface area (Å²) in [6.45, 7) is 0. The molecule has 2 aromatic rings. The van der Waals surface area contributed by atoms with Gasteiger partial charge in [-0.1, -0.05) is 18.2 Å². The van der Waals surface area contributed by atoms with Crippen molar-refractivity contribution in [3.63, 3.8) is 0 Å². The van der Waals surface area contributed by atoms with Crippen LogP contribution in [-0.2, 0) is 0 Å². The van der Waals surface area contributed by atoms with Crippen LogP contribution < -0.4 is 4.74 Å². The van der Waals surface area contributed by atoms with E-state index in [1.54, 1.807) is 25.3 Å². The second-order valence-corrected chi connectivity index (χ2v) is 3.99. The van der Waals surface area contributed by atoms with Crippen molar-refractivity contribution in [2.75, 3.05) is 7.11 Å². The van der Waals surface area contributed by atoms with Gasteiger partial charge in [-0.25, -0.2) is 0 Å². The van der Waals surface area contributed by atoms with E-state index in [1.165, 1.54) is 18.2 Å². The van der Waals surface area contributed by atoms with Crippen LogP contribution in [0.15, 0.2) is 54.6 Å². The summed E-state index contributed by atoms with van der Waals surface area (Å²) in [4.78, 5) is 11.9. The molecule has 0 bridgehead atoms. The van der Waals surface area contributed by atoms with Gasteiger partial charge in [-0.15, -0.1) is 0 Å². The van der Waals surface area contributed by atoms with Crippen LogP contribution in [0.4, 0.5) is 0 Å². The van der Waals surface area contributed by atoms with E-state index in [-0.39, 0.29) is 11.5 Å². The maximum absolute atomic E-state index is 11.9. The van der Waals surface area contributed by atoms with E-state index in [1.807, 2.05) is 24.3 Å². The first-order chi connectivity index (χ1) is 9.20. The Labute approximate surface area is 111 Å². The third kappa shape index (κ3) is 3.22. The van der Waals surface area contributed by atoms with Gasteiger partial charge in [0.05, 0.1) is 7.11 Å². The molecule has 0 aliphatic carbocycles. The molecule has 0 saturated carbocycles. The van der Waals surface area contributed by atoms with Crippen molar-refractivity contribution >= 4 is 11.9 Å². The molecule has 0 aliphatic heterocycles. The van der Waals surface area contributed by atoms with Crippen LogP contribution in [0, 0.1) is 0 Å². The number of hydrogen-bond acceptors (Lipinski definition) is 3. The number of phenols is 1. The molecule has 0 radical (unpaired) electrons. The van der Waals surface area contributed by atoms with Gasteiger partial charge in [0.1, 0.15) is 11.5 Å². The molecule has 2 rings (SSSR count). The van der Waals surface area contributed by atoms with Crippen molar-refractivity contribution in [3.05, 3.63) is 65.7 Å². The average molecular weight is 254 g/mol. The number of ketones is 1. The Morgan fingerprint density at radius 2 is 1.79 bits per heavy atom. The summed E-state index contributed by atoms with van der Waals surface area (Å²) >= 11 is 0. The lowest BCUT2D eigenvalue weighted by Gasteiger charge is -2.03. The highest BCUT2D eigenvalue weighted by atomic mass is 16.5. The fourth-order valence-corrected chi connectivity index (χ4v) is 1.69. The molecule has 0 aromatic heterocycles. The van der Waals surface area contributed by atoms with Gasteiger partial charge in [0.15, 0.2) is 5.78 Å². The molecule has 0 fully saturated rings. The first-order valence-electron chi connectivity index (χ1n) is 5.85. The number of phenolic OH excluding ortho intramolecular Hbond substituents is 1. The zero-order valence-electron chi connectivity index (χ0n) is 10.5. The Morgan fingerprint density at radius 3 is 2.47 bits per heavy atom. The molecule has 19 heavy (non-hydrogen) atoms. The fraction of sp³-hybridized carbons (Fsp3) is 0.0625. The van der Waals surface area contributed by atoms with E-state index in [0.29, 0.717) is 5.56 Å². The fourth-order valence-electron chi connectivity index (χ4n) is 1.69. The highest BCUT2D eigenvalue weighted by Gasteiger charge is 2.02. The van der Waals surface area contributed by atoms with E-state index in [0.717, 1.165) is 11.3 Å². The number of benzene rings is 2. The summed E-state index contributed by atoms with van der Waals surface area (Å²) in [7, 11) is 1.59. The zero-order chi connectivity index (χ0) is 13.7. The second kappa shape index (κ2) is 5.87. The number of para-hydroxylation sites is 1. The van der Waals surface area contributed by atoms with Crippen molar-refractivity contribution < 1.29 is 14.6 Å². The third-order valence-electron chi connectivity index (χ3n) is 2.71. The zero-order valence-corrected chi connectivity index (χ0v) is 10.5. The van der Waals surface area contributed by atoms with E-state index in [4.69, 9.17) is 9.84 Å². The van der Waals surface area contributed by atoms with Gasteiger partial charge in [0, 0.05) is 11.1 Å². The van der Waals surface area contributed by atoms with Crippen LogP contribution in [0.1, 0.15) is 15.9 Å². The Hall–Kier alpha value is -2.55. The normalized spacial score (nSPS) is 10.6. The molecule has 96 valence electrons. The van der Waals surface area contributed by atoms with Crippen molar-refractivity contribution in [1.29, 1.82) is 0 Å². The minimum absolute atomic E-state index is 0.120. The number of aromatic hydroxyl groups is 1. The SMILES string of the molecule is COc1ccccc1/C=C/C(=O)c1ccc(O)cc1. The lowest BCUT2D eigenvalue weighted by molar-refractivity contribution is 0.104. The maximum Gasteiger partial charge on any atom is 0.185 e. The number of hydrogen-bond donors (Lipinski definition) is 1. The molecule has 3 nitrogen and oxygen atoms in total. The number of rotatable bonds is 4. The molecule has 0 heterocycles. The number of carbonyl (C=O) groups is 1.